The Morgan fingerprint density at radius 1 is 1.45 bits per heavy atom. The zero-order valence-corrected chi connectivity index (χ0v) is 13.7. The second-order valence-electron chi connectivity index (χ2n) is 5.80. The fraction of sp³-hybridized carbons (Fsp3) is 0.533. The van der Waals surface area contributed by atoms with Crippen LogP contribution in [0.1, 0.15) is 38.7 Å². The molecule has 1 aliphatic heterocycles. The largest absolute Gasteiger partial charge is 0.409 e. The molecule has 20 heavy (non-hydrogen) atoms. The van der Waals surface area contributed by atoms with Crippen molar-refractivity contribution in [1.82, 2.24) is 0 Å². The van der Waals surface area contributed by atoms with Gasteiger partial charge in [-0.15, -0.1) is 0 Å². The van der Waals surface area contributed by atoms with Crippen LogP contribution in [0.4, 0.5) is 5.69 Å². The van der Waals surface area contributed by atoms with Crippen molar-refractivity contribution in [2.45, 2.75) is 33.1 Å². The SMILES string of the molecule is CCC1(C)CCN(c2ccc(/C(N)=N/O)c(Br)c2)CC1. The van der Waals surface area contributed by atoms with Gasteiger partial charge in [-0.1, -0.05) is 25.4 Å². The molecule has 3 N–H and O–H groups in total. The van der Waals surface area contributed by atoms with Crippen LogP contribution in [0, 0.1) is 5.41 Å². The highest BCUT2D eigenvalue weighted by atomic mass is 79.9. The van der Waals surface area contributed by atoms with Gasteiger partial charge in [0.2, 0.25) is 0 Å². The number of benzene rings is 1. The van der Waals surface area contributed by atoms with Crippen molar-refractivity contribution in [2.24, 2.45) is 16.3 Å². The molecule has 0 saturated carbocycles. The Bertz CT molecular complexity index is 508. The Balaban J connectivity index is 2.14. The van der Waals surface area contributed by atoms with Gasteiger partial charge in [-0.2, -0.15) is 0 Å². The average molecular weight is 340 g/mol. The predicted molar refractivity (Wildman–Crippen MR) is 86.5 cm³/mol. The Kier molecular flexibility index (Phi) is 4.58. The van der Waals surface area contributed by atoms with E-state index in [4.69, 9.17) is 10.9 Å². The van der Waals surface area contributed by atoms with Gasteiger partial charge in [-0.25, -0.2) is 0 Å². The van der Waals surface area contributed by atoms with E-state index in [1.807, 2.05) is 18.2 Å². The van der Waals surface area contributed by atoms with E-state index in [9.17, 15) is 0 Å². The molecule has 1 heterocycles. The van der Waals surface area contributed by atoms with Crippen LogP contribution in [-0.2, 0) is 0 Å². The highest BCUT2D eigenvalue weighted by Gasteiger charge is 2.28. The zero-order chi connectivity index (χ0) is 14.8. The number of hydrogen-bond acceptors (Lipinski definition) is 3. The van der Waals surface area contributed by atoms with E-state index in [0.717, 1.165) is 17.6 Å². The van der Waals surface area contributed by atoms with E-state index >= 15 is 0 Å². The zero-order valence-electron chi connectivity index (χ0n) is 12.1. The van der Waals surface area contributed by atoms with E-state index in [0.29, 0.717) is 11.0 Å². The van der Waals surface area contributed by atoms with Crippen LogP contribution >= 0.6 is 15.9 Å². The summed E-state index contributed by atoms with van der Waals surface area (Å²) in [4.78, 5) is 2.40. The summed E-state index contributed by atoms with van der Waals surface area (Å²) in [7, 11) is 0. The van der Waals surface area contributed by atoms with Crippen molar-refractivity contribution in [3.63, 3.8) is 0 Å². The van der Waals surface area contributed by atoms with Crippen LogP contribution in [0.2, 0.25) is 0 Å². The predicted octanol–water partition coefficient (Wildman–Crippen LogP) is 3.56. The molecule has 0 aliphatic carbocycles. The number of nitrogens with two attached hydrogens (primary N) is 1. The molecule has 4 nitrogen and oxygen atoms in total. The van der Waals surface area contributed by atoms with Crippen molar-refractivity contribution in [1.29, 1.82) is 0 Å². The third kappa shape index (κ3) is 3.08. The number of oxime groups is 1. The lowest BCUT2D eigenvalue weighted by Crippen LogP contribution is -2.38. The summed E-state index contributed by atoms with van der Waals surface area (Å²) in [5.41, 5.74) is 8.02. The molecule has 5 heteroatoms. The van der Waals surface area contributed by atoms with Gasteiger partial charge in [-0.3, -0.25) is 0 Å². The summed E-state index contributed by atoms with van der Waals surface area (Å²) in [6.45, 7) is 6.82. The molecule has 1 fully saturated rings. The van der Waals surface area contributed by atoms with Gasteiger partial charge in [0.05, 0.1) is 0 Å². The van der Waals surface area contributed by atoms with Crippen molar-refractivity contribution in [3.8, 4) is 0 Å². The number of piperidine rings is 1. The summed E-state index contributed by atoms with van der Waals surface area (Å²) < 4.78 is 0.856. The highest BCUT2D eigenvalue weighted by molar-refractivity contribution is 9.10. The van der Waals surface area contributed by atoms with E-state index in [1.54, 1.807) is 0 Å². The smallest absolute Gasteiger partial charge is 0.171 e. The fourth-order valence-corrected chi connectivity index (χ4v) is 3.19. The first-order valence-corrected chi connectivity index (χ1v) is 7.81. The molecular weight excluding hydrogens is 318 g/mol. The first-order valence-electron chi connectivity index (χ1n) is 7.01. The maximum atomic E-state index is 8.75. The van der Waals surface area contributed by atoms with Crippen LogP contribution in [0.5, 0.6) is 0 Å². The van der Waals surface area contributed by atoms with Gasteiger partial charge in [0.25, 0.3) is 0 Å². The van der Waals surface area contributed by atoms with Gasteiger partial charge in [0.1, 0.15) is 0 Å². The third-order valence-corrected chi connectivity index (χ3v) is 5.18. The van der Waals surface area contributed by atoms with E-state index in [-0.39, 0.29) is 5.84 Å². The number of halogens is 1. The quantitative estimate of drug-likeness (QED) is 0.383. The molecule has 0 radical (unpaired) electrons. The molecule has 1 aliphatic rings. The molecule has 1 saturated heterocycles. The fourth-order valence-electron chi connectivity index (χ4n) is 2.62. The molecule has 0 amide bonds. The second-order valence-corrected chi connectivity index (χ2v) is 6.65. The second kappa shape index (κ2) is 6.04. The lowest BCUT2D eigenvalue weighted by Gasteiger charge is -2.40. The molecule has 1 aromatic rings. The molecule has 2 rings (SSSR count). The third-order valence-electron chi connectivity index (χ3n) is 4.53. The Morgan fingerprint density at radius 2 is 2.10 bits per heavy atom. The minimum absolute atomic E-state index is 0.126. The lowest BCUT2D eigenvalue weighted by atomic mass is 9.78. The average Bonchev–Trinajstić information content (AvgIpc) is 2.47. The standard InChI is InChI=1S/C15H22BrN3O/c1-3-15(2)6-8-19(9-7-15)11-4-5-12(13(16)10-11)14(17)18-20/h4-5,10,20H,3,6-9H2,1-2H3,(H2,17,18). The maximum absolute atomic E-state index is 8.75. The Morgan fingerprint density at radius 3 is 2.60 bits per heavy atom. The first kappa shape index (κ1) is 15.2. The molecule has 0 aromatic heterocycles. The van der Waals surface area contributed by atoms with Gasteiger partial charge in [-0.05, 0) is 52.4 Å². The van der Waals surface area contributed by atoms with Crippen molar-refractivity contribution in [2.75, 3.05) is 18.0 Å². The Labute approximate surface area is 128 Å². The maximum Gasteiger partial charge on any atom is 0.171 e. The molecule has 0 spiro atoms. The molecule has 110 valence electrons. The topological polar surface area (TPSA) is 61.8 Å². The summed E-state index contributed by atoms with van der Waals surface area (Å²) in [5, 5.41) is 11.8. The van der Waals surface area contributed by atoms with Gasteiger partial charge in [0.15, 0.2) is 5.84 Å². The van der Waals surface area contributed by atoms with E-state index < -0.39 is 0 Å². The molecule has 0 unspecified atom stereocenters. The summed E-state index contributed by atoms with van der Waals surface area (Å²) in [6.07, 6.45) is 3.69. The van der Waals surface area contributed by atoms with Gasteiger partial charge in [0, 0.05) is 28.8 Å². The van der Waals surface area contributed by atoms with Crippen molar-refractivity contribution in [3.05, 3.63) is 28.2 Å². The monoisotopic (exact) mass is 339 g/mol. The molecule has 0 bridgehead atoms. The lowest BCUT2D eigenvalue weighted by molar-refractivity contribution is 0.238. The van der Waals surface area contributed by atoms with Crippen LogP contribution in [0.15, 0.2) is 27.8 Å². The first-order chi connectivity index (χ1) is 9.49. The van der Waals surface area contributed by atoms with Crippen LogP contribution in [0.25, 0.3) is 0 Å². The number of hydrogen-bond donors (Lipinski definition) is 2. The Hall–Kier alpha value is -1.23. The summed E-state index contributed by atoms with van der Waals surface area (Å²) >= 11 is 3.49. The number of anilines is 1. The van der Waals surface area contributed by atoms with E-state index in [2.05, 4.69) is 39.8 Å². The summed E-state index contributed by atoms with van der Waals surface area (Å²) in [5.74, 6) is 0.126. The molecular formula is C15H22BrN3O. The van der Waals surface area contributed by atoms with Gasteiger partial charge >= 0.3 is 0 Å². The number of rotatable bonds is 3. The van der Waals surface area contributed by atoms with E-state index in [1.165, 1.54) is 24.9 Å². The normalized spacial score (nSPS) is 19.1. The van der Waals surface area contributed by atoms with Crippen molar-refractivity contribution < 1.29 is 5.21 Å². The van der Waals surface area contributed by atoms with Gasteiger partial charge < -0.3 is 15.8 Å². The molecule has 1 aromatic carbocycles. The summed E-state index contributed by atoms with van der Waals surface area (Å²) in [6, 6.07) is 5.97. The number of amidine groups is 1. The minimum Gasteiger partial charge on any atom is -0.409 e. The van der Waals surface area contributed by atoms with Crippen LogP contribution < -0.4 is 10.6 Å². The minimum atomic E-state index is 0.126. The molecule has 0 atom stereocenters. The highest BCUT2D eigenvalue weighted by Crippen LogP contribution is 2.36. The van der Waals surface area contributed by atoms with Crippen LogP contribution in [-0.4, -0.2) is 24.1 Å². The number of nitrogens with zero attached hydrogens (tertiary/aromatic N) is 2. The van der Waals surface area contributed by atoms with Crippen molar-refractivity contribution >= 4 is 27.5 Å². The van der Waals surface area contributed by atoms with Crippen LogP contribution in [0.3, 0.4) is 0 Å².